The Hall–Kier alpha value is -2.31. The van der Waals surface area contributed by atoms with Gasteiger partial charge in [0.25, 0.3) is 0 Å². The molecule has 0 aliphatic carbocycles. The van der Waals surface area contributed by atoms with Gasteiger partial charge in [0.05, 0.1) is 0 Å². The smallest absolute Gasteiger partial charge is 0.141 e. The Morgan fingerprint density at radius 2 is 1.92 bits per heavy atom. The number of aromatic nitrogens is 3. The summed E-state index contributed by atoms with van der Waals surface area (Å²) in [6.07, 6.45) is 3.67. The molecule has 5 nitrogen and oxygen atoms in total. The SMILES string of the molecule is CC(C)(C)NCc1ccc(Nc2cccc(-c3nccs3)n2)nc1. The van der Waals surface area contributed by atoms with Gasteiger partial charge in [0.15, 0.2) is 0 Å². The van der Waals surface area contributed by atoms with E-state index in [1.165, 1.54) is 0 Å². The van der Waals surface area contributed by atoms with E-state index in [1.807, 2.05) is 35.8 Å². The van der Waals surface area contributed by atoms with E-state index in [0.29, 0.717) is 0 Å². The van der Waals surface area contributed by atoms with Gasteiger partial charge in [-0.25, -0.2) is 15.0 Å². The summed E-state index contributed by atoms with van der Waals surface area (Å²) >= 11 is 1.58. The highest BCUT2D eigenvalue weighted by Gasteiger charge is 2.08. The lowest BCUT2D eigenvalue weighted by Crippen LogP contribution is -2.35. The summed E-state index contributed by atoms with van der Waals surface area (Å²) in [5, 5.41) is 9.55. The fourth-order valence-electron chi connectivity index (χ4n) is 2.07. The monoisotopic (exact) mass is 339 g/mol. The van der Waals surface area contributed by atoms with Crippen molar-refractivity contribution in [2.24, 2.45) is 0 Å². The number of anilines is 2. The van der Waals surface area contributed by atoms with E-state index in [4.69, 9.17) is 0 Å². The lowest BCUT2D eigenvalue weighted by atomic mass is 10.1. The molecule has 0 fully saturated rings. The van der Waals surface area contributed by atoms with Gasteiger partial charge in [0, 0.05) is 29.9 Å². The number of nitrogens with one attached hydrogen (secondary N) is 2. The second-order valence-electron chi connectivity index (χ2n) is 6.53. The average molecular weight is 339 g/mol. The molecule has 0 saturated carbocycles. The van der Waals surface area contributed by atoms with Gasteiger partial charge in [0.2, 0.25) is 0 Å². The van der Waals surface area contributed by atoms with Crippen molar-refractivity contribution in [2.45, 2.75) is 32.9 Å². The van der Waals surface area contributed by atoms with Crippen LogP contribution in [0.4, 0.5) is 11.6 Å². The molecule has 0 saturated heterocycles. The molecule has 3 heterocycles. The van der Waals surface area contributed by atoms with Crippen molar-refractivity contribution in [3.8, 4) is 10.7 Å². The summed E-state index contributed by atoms with van der Waals surface area (Å²) < 4.78 is 0. The molecule has 6 heteroatoms. The first kappa shape index (κ1) is 16.5. The molecule has 24 heavy (non-hydrogen) atoms. The van der Waals surface area contributed by atoms with Crippen molar-refractivity contribution in [3.05, 3.63) is 53.7 Å². The molecule has 0 unspecified atom stereocenters. The van der Waals surface area contributed by atoms with Gasteiger partial charge in [-0.1, -0.05) is 12.1 Å². The molecule has 3 rings (SSSR count). The number of hydrogen-bond acceptors (Lipinski definition) is 6. The minimum Gasteiger partial charge on any atom is -0.325 e. The number of nitrogens with zero attached hydrogens (tertiary/aromatic N) is 3. The first-order valence-corrected chi connectivity index (χ1v) is 8.71. The fourth-order valence-corrected chi connectivity index (χ4v) is 2.68. The standard InChI is InChI=1S/C18H21N5S/c1-18(2,3)21-12-13-7-8-15(20-11-13)23-16-6-4-5-14(22-16)17-19-9-10-24-17/h4-11,21H,12H2,1-3H3,(H,20,22,23). The molecule has 0 aromatic carbocycles. The Balaban J connectivity index is 1.67. The molecular weight excluding hydrogens is 318 g/mol. The molecule has 0 radical (unpaired) electrons. The normalized spacial score (nSPS) is 11.5. The summed E-state index contributed by atoms with van der Waals surface area (Å²) in [5.41, 5.74) is 2.11. The third-order valence-corrected chi connectivity index (χ3v) is 4.10. The van der Waals surface area contributed by atoms with Crippen molar-refractivity contribution < 1.29 is 0 Å². The van der Waals surface area contributed by atoms with Gasteiger partial charge >= 0.3 is 0 Å². The van der Waals surface area contributed by atoms with Crippen LogP contribution >= 0.6 is 11.3 Å². The van der Waals surface area contributed by atoms with Gasteiger partial charge in [-0.2, -0.15) is 0 Å². The first-order valence-electron chi connectivity index (χ1n) is 7.83. The van der Waals surface area contributed by atoms with Crippen LogP contribution < -0.4 is 10.6 Å². The Morgan fingerprint density at radius 1 is 1.04 bits per heavy atom. The molecule has 2 N–H and O–H groups in total. The minimum atomic E-state index is 0.0944. The molecule has 3 aromatic heterocycles. The Morgan fingerprint density at radius 3 is 2.58 bits per heavy atom. The Labute approximate surface area is 146 Å². The summed E-state index contributed by atoms with van der Waals surface area (Å²) in [5.74, 6) is 1.54. The van der Waals surface area contributed by atoms with Gasteiger partial charge in [-0.05, 0) is 44.5 Å². The minimum absolute atomic E-state index is 0.0944. The summed E-state index contributed by atoms with van der Waals surface area (Å²) in [7, 11) is 0. The molecule has 0 bridgehead atoms. The average Bonchev–Trinajstić information content (AvgIpc) is 3.08. The van der Waals surface area contributed by atoms with Crippen LogP contribution in [-0.2, 0) is 6.54 Å². The Kier molecular flexibility index (Phi) is 4.87. The van der Waals surface area contributed by atoms with E-state index < -0.39 is 0 Å². The summed E-state index contributed by atoms with van der Waals surface area (Å²) in [4.78, 5) is 13.3. The Bertz CT molecular complexity index is 776. The molecule has 0 amide bonds. The van der Waals surface area contributed by atoms with Crippen LogP contribution in [0.5, 0.6) is 0 Å². The maximum atomic E-state index is 4.59. The zero-order valence-corrected chi connectivity index (χ0v) is 14.9. The maximum absolute atomic E-state index is 4.59. The number of pyridine rings is 2. The molecule has 0 atom stereocenters. The zero-order valence-electron chi connectivity index (χ0n) is 14.1. The lowest BCUT2D eigenvalue weighted by Gasteiger charge is -2.20. The maximum Gasteiger partial charge on any atom is 0.141 e. The third-order valence-electron chi connectivity index (χ3n) is 3.30. The van der Waals surface area contributed by atoms with E-state index in [1.54, 1.807) is 17.5 Å². The molecule has 0 spiro atoms. The van der Waals surface area contributed by atoms with E-state index in [-0.39, 0.29) is 5.54 Å². The van der Waals surface area contributed by atoms with Crippen LogP contribution in [-0.4, -0.2) is 20.5 Å². The van der Waals surface area contributed by atoms with Crippen LogP contribution in [0.2, 0.25) is 0 Å². The van der Waals surface area contributed by atoms with Crippen molar-refractivity contribution >= 4 is 23.0 Å². The summed E-state index contributed by atoms with van der Waals surface area (Å²) in [6, 6.07) is 9.89. The van der Waals surface area contributed by atoms with Crippen LogP contribution in [0.25, 0.3) is 10.7 Å². The molecule has 0 aliphatic rings. The van der Waals surface area contributed by atoms with E-state index in [0.717, 1.165) is 34.4 Å². The highest BCUT2D eigenvalue weighted by molar-refractivity contribution is 7.13. The van der Waals surface area contributed by atoms with Crippen LogP contribution in [0.3, 0.4) is 0 Å². The van der Waals surface area contributed by atoms with Gasteiger partial charge in [-0.15, -0.1) is 11.3 Å². The van der Waals surface area contributed by atoms with Crippen LogP contribution in [0.15, 0.2) is 48.1 Å². The predicted molar refractivity (Wildman–Crippen MR) is 99.5 cm³/mol. The van der Waals surface area contributed by atoms with Gasteiger partial charge in [0.1, 0.15) is 22.3 Å². The van der Waals surface area contributed by atoms with Crippen molar-refractivity contribution in [1.29, 1.82) is 0 Å². The van der Waals surface area contributed by atoms with Gasteiger partial charge < -0.3 is 10.6 Å². The predicted octanol–water partition coefficient (Wildman–Crippen LogP) is 4.23. The number of rotatable bonds is 5. The largest absolute Gasteiger partial charge is 0.325 e. The lowest BCUT2D eigenvalue weighted by molar-refractivity contribution is 0.424. The van der Waals surface area contributed by atoms with Crippen LogP contribution in [0.1, 0.15) is 26.3 Å². The molecule has 3 aromatic rings. The molecule has 124 valence electrons. The molecular formula is C18H21N5S. The van der Waals surface area contributed by atoms with E-state index in [2.05, 4.69) is 52.4 Å². The summed E-state index contributed by atoms with van der Waals surface area (Å²) in [6.45, 7) is 7.25. The van der Waals surface area contributed by atoms with Crippen molar-refractivity contribution in [3.63, 3.8) is 0 Å². The number of hydrogen-bond donors (Lipinski definition) is 2. The topological polar surface area (TPSA) is 62.7 Å². The van der Waals surface area contributed by atoms with E-state index in [9.17, 15) is 0 Å². The first-order chi connectivity index (χ1) is 11.5. The number of thiazole rings is 1. The van der Waals surface area contributed by atoms with Crippen molar-refractivity contribution in [2.75, 3.05) is 5.32 Å². The quantitative estimate of drug-likeness (QED) is 0.728. The van der Waals surface area contributed by atoms with Crippen molar-refractivity contribution in [1.82, 2.24) is 20.3 Å². The van der Waals surface area contributed by atoms with Gasteiger partial charge in [-0.3, -0.25) is 0 Å². The zero-order chi connectivity index (χ0) is 17.0. The fraction of sp³-hybridized carbons (Fsp3) is 0.278. The highest BCUT2D eigenvalue weighted by atomic mass is 32.1. The second-order valence-corrected chi connectivity index (χ2v) is 7.42. The van der Waals surface area contributed by atoms with Crippen LogP contribution in [0, 0.1) is 0 Å². The third kappa shape index (κ3) is 4.59. The molecule has 0 aliphatic heterocycles. The highest BCUT2D eigenvalue weighted by Crippen LogP contribution is 2.22. The second kappa shape index (κ2) is 7.07. The van der Waals surface area contributed by atoms with E-state index >= 15 is 0 Å².